The number of carbonyl (C=O) groups is 2. The molecule has 0 unspecified atom stereocenters. The second-order valence-electron chi connectivity index (χ2n) is 6.15. The Bertz CT molecular complexity index is 1170. The van der Waals surface area contributed by atoms with Crippen LogP contribution in [0.4, 0.5) is 17.1 Å². The number of phenolic OH excluding ortho intramolecular Hbond substituents is 2. The van der Waals surface area contributed by atoms with Crippen LogP contribution in [0.2, 0.25) is 0 Å². The molecule has 0 spiro atoms. The normalized spacial score (nSPS) is 12.3. The van der Waals surface area contributed by atoms with Gasteiger partial charge in [0, 0.05) is 22.9 Å². The van der Waals surface area contributed by atoms with E-state index in [2.05, 4.69) is 5.32 Å². The van der Waals surface area contributed by atoms with Crippen LogP contribution in [0.1, 0.15) is 31.8 Å². The lowest BCUT2D eigenvalue weighted by atomic mass is 9.82. The first-order valence-corrected chi connectivity index (χ1v) is 8.18. The minimum absolute atomic E-state index is 0.0526. The highest BCUT2D eigenvalue weighted by atomic mass is 16.6. The van der Waals surface area contributed by atoms with Gasteiger partial charge in [0.1, 0.15) is 11.4 Å². The van der Waals surface area contributed by atoms with Gasteiger partial charge in [0.15, 0.2) is 11.6 Å². The molecular formula is C20H12N2O6. The lowest BCUT2D eigenvalue weighted by Gasteiger charge is -2.22. The van der Waals surface area contributed by atoms with E-state index < -0.39 is 27.9 Å². The Balaban J connectivity index is 2.03. The molecule has 8 heteroatoms. The van der Waals surface area contributed by atoms with Crippen molar-refractivity contribution in [2.75, 3.05) is 5.32 Å². The van der Waals surface area contributed by atoms with E-state index in [1.54, 1.807) is 30.3 Å². The number of phenols is 2. The second kappa shape index (κ2) is 6.20. The molecule has 3 N–H and O–H groups in total. The van der Waals surface area contributed by atoms with Crippen LogP contribution in [0.3, 0.4) is 0 Å². The molecule has 0 saturated carbocycles. The van der Waals surface area contributed by atoms with Crippen LogP contribution in [0.15, 0.2) is 54.6 Å². The Labute approximate surface area is 157 Å². The number of benzene rings is 3. The van der Waals surface area contributed by atoms with E-state index in [0.29, 0.717) is 5.69 Å². The van der Waals surface area contributed by atoms with Gasteiger partial charge in [-0.05, 0) is 18.2 Å². The van der Waals surface area contributed by atoms with Crippen LogP contribution in [-0.4, -0.2) is 26.7 Å². The molecule has 1 aliphatic carbocycles. The number of carbonyl (C=O) groups excluding carboxylic acids is 2. The third-order valence-electron chi connectivity index (χ3n) is 4.51. The van der Waals surface area contributed by atoms with Gasteiger partial charge in [-0.2, -0.15) is 0 Å². The summed E-state index contributed by atoms with van der Waals surface area (Å²) in [5.74, 6) is -2.52. The van der Waals surface area contributed by atoms with Gasteiger partial charge >= 0.3 is 5.69 Å². The maximum Gasteiger partial charge on any atom is 0.313 e. The summed E-state index contributed by atoms with van der Waals surface area (Å²) in [6, 6.07) is 13.3. The van der Waals surface area contributed by atoms with Gasteiger partial charge < -0.3 is 15.5 Å². The second-order valence-corrected chi connectivity index (χ2v) is 6.15. The summed E-state index contributed by atoms with van der Waals surface area (Å²) in [5.41, 5.74) is -1.22. The molecule has 0 fully saturated rings. The number of nitro groups is 1. The molecule has 0 amide bonds. The predicted molar refractivity (Wildman–Crippen MR) is 99.5 cm³/mol. The van der Waals surface area contributed by atoms with Crippen molar-refractivity contribution in [3.8, 4) is 11.5 Å². The quantitative estimate of drug-likeness (QED) is 0.283. The lowest BCUT2D eigenvalue weighted by molar-refractivity contribution is -0.385. The van der Waals surface area contributed by atoms with E-state index in [1.165, 1.54) is 18.2 Å². The molecule has 0 bridgehead atoms. The number of nitrogens with one attached hydrogen (secondary N) is 1. The molecular weight excluding hydrogens is 364 g/mol. The Morgan fingerprint density at radius 2 is 1.57 bits per heavy atom. The highest BCUT2D eigenvalue weighted by Crippen LogP contribution is 2.45. The number of fused-ring (bicyclic) bond motifs is 2. The topological polar surface area (TPSA) is 130 Å². The fourth-order valence-electron chi connectivity index (χ4n) is 3.24. The van der Waals surface area contributed by atoms with E-state index in [1.807, 2.05) is 0 Å². The molecule has 0 heterocycles. The number of hydrogen-bond acceptors (Lipinski definition) is 7. The number of anilines is 2. The van der Waals surface area contributed by atoms with Crippen LogP contribution in [0, 0.1) is 10.1 Å². The summed E-state index contributed by atoms with van der Waals surface area (Å²) in [5, 5.41) is 34.7. The van der Waals surface area contributed by atoms with Crippen molar-refractivity contribution in [2.24, 2.45) is 0 Å². The Kier molecular flexibility index (Phi) is 3.82. The Morgan fingerprint density at radius 3 is 2.25 bits per heavy atom. The van der Waals surface area contributed by atoms with E-state index in [4.69, 9.17) is 0 Å². The molecule has 4 rings (SSSR count). The van der Waals surface area contributed by atoms with E-state index >= 15 is 0 Å². The zero-order valence-corrected chi connectivity index (χ0v) is 14.2. The molecule has 28 heavy (non-hydrogen) atoms. The summed E-state index contributed by atoms with van der Waals surface area (Å²) in [7, 11) is 0. The van der Waals surface area contributed by atoms with Crippen molar-refractivity contribution in [2.45, 2.75) is 0 Å². The van der Waals surface area contributed by atoms with Gasteiger partial charge in [0.05, 0.1) is 16.1 Å². The van der Waals surface area contributed by atoms with Crippen molar-refractivity contribution in [1.29, 1.82) is 0 Å². The summed E-state index contributed by atoms with van der Waals surface area (Å²) < 4.78 is 0. The van der Waals surface area contributed by atoms with Gasteiger partial charge in [0.25, 0.3) is 0 Å². The molecule has 0 saturated heterocycles. The Morgan fingerprint density at radius 1 is 0.857 bits per heavy atom. The molecule has 3 aromatic carbocycles. The number of rotatable bonds is 3. The fraction of sp³-hybridized carbons (Fsp3) is 0. The third kappa shape index (κ3) is 2.47. The van der Waals surface area contributed by atoms with Gasteiger partial charge in [-0.1, -0.05) is 30.3 Å². The minimum Gasteiger partial charge on any atom is -0.507 e. The first-order chi connectivity index (χ1) is 13.4. The number of para-hydroxylation sites is 1. The summed E-state index contributed by atoms with van der Waals surface area (Å²) in [6.07, 6.45) is 0. The van der Waals surface area contributed by atoms with Gasteiger partial charge in [-0.3, -0.25) is 19.7 Å². The molecule has 0 aliphatic heterocycles. The molecule has 0 aromatic heterocycles. The van der Waals surface area contributed by atoms with Crippen LogP contribution in [0.25, 0.3) is 0 Å². The molecule has 138 valence electrons. The first kappa shape index (κ1) is 17.2. The lowest BCUT2D eigenvalue weighted by Crippen LogP contribution is -2.22. The van der Waals surface area contributed by atoms with Crippen molar-refractivity contribution in [3.63, 3.8) is 0 Å². The first-order valence-electron chi connectivity index (χ1n) is 8.18. The van der Waals surface area contributed by atoms with Crippen molar-refractivity contribution >= 4 is 28.6 Å². The smallest absolute Gasteiger partial charge is 0.313 e. The third-order valence-corrected chi connectivity index (χ3v) is 4.51. The van der Waals surface area contributed by atoms with Crippen LogP contribution in [0.5, 0.6) is 11.5 Å². The molecule has 8 nitrogen and oxygen atoms in total. The van der Waals surface area contributed by atoms with Crippen molar-refractivity contribution in [1.82, 2.24) is 0 Å². The zero-order valence-electron chi connectivity index (χ0n) is 14.2. The number of aromatic hydroxyl groups is 2. The van der Waals surface area contributed by atoms with Crippen molar-refractivity contribution < 1.29 is 24.7 Å². The van der Waals surface area contributed by atoms with Crippen LogP contribution < -0.4 is 5.32 Å². The van der Waals surface area contributed by atoms with Gasteiger partial charge in [0.2, 0.25) is 5.75 Å². The predicted octanol–water partition coefficient (Wildman–Crippen LogP) is 3.53. The SMILES string of the molecule is O=C1c2cccc(O)c2C(=O)c2c1cc([N+](=O)[O-])c(O)c2Nc1ccccc1. The Hall–Kier alpha value is -4.20. The molecule has 0 atom stereocenters. The van der Waals surface area contributed by atoms with Crippen molar-refractivity contribution in [3.05, 3.63) is 87.0 Å². The largest absolute Gasteiger partial charge is 0.507 e. The standard InChI is InChI=1S/C20H12N2O6/c23-14-8-4-7-11-15(14)20(26)16-12(18(11)24)9-13(22(27)28)19(25)17(16)21-10-5-2-1-3-6-10/h1-9,21,23,25H. The van der Waals surface area contributed by atoms with Gasteiger partial charge in [-0.15, -0.1) is 0 Å². The molecule has 1 aliphatic rings. The molecule has 0 radical (unpaired) electrons. The number of ketones is 2. The highest BCUT2D eigenvalue weighted by Gasteiger charge is 2.38. The number of nitro benzene ring substituents is 1. The summed E-state index contributed by atoms with van der Waals surface area (Å²) in [4.78, 5) is 36.5. The maximum absolute atomic E-state index is 13.1. The van der Waals surface area contributed by atoms with Crippen LogP contribution >= 0.6 is 0 Å². The average molecular weight is 376 g/mol. The summed E-state index contributed by atoms with van der Waals surface area (Å²) in [6.45, 7) is 0. The monoisotopic (exact) mass is 376 g/mol. The number of nitrogens with zero attached hydrogens (tertiary/aromatic N) is 1. The highest BCUT2D eigenvalue weighted by molar-refractivity contribution is 6.31. The maximum atomic E-state index is 13.1. The minimum atomic E-state index is -0.832. The van der Waals surface area contributed by atoms with E-state index in [-0.39, 0.29) is 33.7 Å². The zero-order chi connectivity index (χ0) is 20.0. The van der Waals surface area contributed by atoms with E-state index in [0.717, 1.165) is 6.07 Å². The molecule has 3 aromatic rings. The fourth-order valence-corrected chi connectivity index (χ4v) is 3.24. The van der Waals surface area contributed by atoms with Crippen LogP contribution in [-0.2, 0) is 0 Å². The van der Waals surface area contributed by atoms with Gasteiger partial charge in [-0.25, -0.2) is 0 Å². The average Bonchev–Trinajstić information content (AvgIpc) is 2.68. The number of hydrogen-bond donors (Lipinski definition) is 3. The summed E-state index contributed by atoms with van der Waals surface area (Å²) >= 11 is 0. The van der Waals surface area contributed by atoms with E-state index in [9.17, 15) is 29.9 Å².